The molecule has 3 rings (SSSR count). The second-order valence-corrected chi connectivity index (χ2v) is 8.70. The number of carbonyl (C=O) groups is 1. The highest BCUT2D eigenvalue weighted by atomic mass is 127. The zero-order valence-electron chi connectivity index (χ0n) is 18.4. The van der Waals surface area contributed by atoms with Gasteiger partial charge in [0.15, 0.2) is 17.6 Å². The van der Waals surface area contributed by atoms with Crippen molar-refractivity contribution in [3.8, 4) is 0 Å². The molecule has 1 heterocycles. The number of aryl methyl sites for hydroxylation is 1. The van der Waals surface area contributed by atoms with Crippen LogP contribution in [-0.2, 0) is 29.5 Å². The lowest BCUT2D eigenvalue weighted by atomic mass is 9.75. The van der Waals surface area contributed by atoms with Crippen LogP contribution in [0.4, 0.5) is 5.69 Å². The van der Waals surface area contributed by atoms with E-state index in [1.165, 1.54) is 12.5 Å². The van der Waals surface area contributed by atoms with Crippen LogP contribution in [0.25, 0.3) is 11.0 Å². The molecule has 1 unspecified atom stereocenters. The Balaban J connectivity index is 0.00000320. The average molecular weight is 529 g/mol. The molecule has 1 aliphatic carbocycles. The van der Waals surface area contributed by atoms with Gasteiger partial charge in [0.2, 0.25) is 0 Å². The van der Waals surface area contributed by atoms with Gasteiger partial charge in [-0.2, -0.15) is 0 Å². The monoisotopic (exact) mass is 529 g/mol. The van der Waals surface area contributed by atoms with Gasteiger partial charge in [-0.3, -0.25) is 10.1 Å². The van der Waals surface area contributed by atoms with Gasteiger partial charge in [0.05, 0.1) is 18.0 Å². The molecule has 30 heavy (non-hydrogen) atoms. The quantitative estimate of drug-likeness (QED) is 0.184. The predicted octanol–water partition coefficient (Wildman–Crippen LogP) is 0.944. The Hall–Kier alpha value is -1.71. The number of esters is 1. The van der Waals surface area contributed by atoms with Crippen molar-refractivity contribution in [2.24, 2.45) is 24.8 Å². The van der Waals surface area contributed by atoms with E-state index in [0.29, 0.717) is 29.7 Å². The summed E-state index contributed by atoms with van der Waals surface area (Å²) in [4.78, 5) is 23.7. The highest BCUT2D eigenvalue weighted by molar-refractivity contribution is 5.78. The lowest BCUT2D eigenvalue weighted by molar-refractivity contribution is -0.653. The van der Waals surface area contributed by atoms with E-state index in [9.17, 15) is 14.9 Å². The van der Waals surface area contributed by atoms with Crippen molar-refractivity contribution in [1.29, 1.82) is 0 Å². The molecule has 166 valence electrons. The zero-order chi connectivity index (χ0) is 21.3. The average Bonchev–Trinajstić information content (AvgIpc) is 2.92. The Kier molecular flexibility index (Phi) is 8.24. The fraction of sp³-hybridized carbons (Fsp3) is 0.636. The van der Waals surface area contributed by atoms with Crippen LogP contribution in [-0.4, -0.2) is 21.6 Å². The number of hydrogen-bond donors (Lipinski definition) is 0. The van der Waals surface area contributed by atoms with Gasteiger partial charge in [0, 0.05) is 12.5 Å². The number of ether oxygens (including phenoxy) is 1. The topological polar surface area (TPSA) is 78.2 Å². The fourth-order valence-electron chi connectivity index (χ4n) is 4.77. The molecule has 3 atom stereocenters. The summed E-state index contributed by atoms with van der Waals surface area (Å²) >= 11 is 0. The van der Waals surface area contributed by atoms with Crippen LogP contribution in [0, 0.1) is 27.9 Å². The normalized spacial score (nSPS) is 21.5. The van der Waals surface area contributed by atoms with Crippen LogP contribution in [0.2, 0.25) is 0 Å². The molecule has 7 nitrogen and oxygen atoms in total. The molecular formula is C22H32IN3O4. The van der Waals surface area contributed by atoms with Crippen molar-refractivity contribution < 1.29 is 43.0 Å². The number of benzene rings is 1. The number of halogens is 1. The number of hydrogen-bond acceptors (Lipinski definition) is 4. The second kappa shape index (κ2) is 10.1. The molecular weight excluding hydrogens is 497 g/mol. The summed E-state index contributed by atoms with van der Waals surface area (Å²) in [5.74, 6) is 2.09. The number of aromatic nitrogens is 2. The lowest BCUT2D eigenvalue weighted by Gasteiger charge is -2.36. The number of nitrogens with zero attached hydrogens (tertiary/aromatic N) is 3. The van der Waals surface area contributed by atoms with Crippen LogP contribution in [0.1, 0.15) is 52.8 Å². The second-order valence-electron chi connectivity index (χ2n) is 8.70. The molecule has 0 aliphatic heterocycles. The SMILES string of the molecule is CCc1n(CC(=O)OC2C[C@H](C)CC[C@H]2C(C)C)c2cc([N+](=O)[O-])ccc2[n+]1C.[I-]. The molecule has 0 bridgehead atoms. The Bertz CT molecular complexity index is 925. The van der Waals surface area contributed by atoms with E-state index in [4.69, 9.17) is 4.74 Å². The minimum Gasteiger partial charge on any atom is -1.00 e. The summed E-state index contributed by atoms with van der Waals surface area (Å²) < 4.78 is 9.83. The first-order chi connectivity index (χ1) is 13.7. The highest BCUT2D eigenvalue weighted by Gasteiger charge is 2.34. The van der Waals surface area contributed by atoms with Crippen molar-refractivity contribution in [2.75, 3.05) is 0 Å². The summed E-state index contributed by atoms with van der Waals surface area (Å²) in [6, 6.07) is 4.79. The Labute approximate surface area is 195 Å². The van der Waals surface area contributed by atoms with Crippen LogP contribution >= 0.6 is 0 Å². The number of nitro groups is 1. The first-order valence-electron chi connectivity index (χ1n) is 10.6. The molecule has 0 amide bonds. The summed E-state index contributed by atoms with van der Waals surface area (Å²) in [6.07, 6.45) is 3.83. The third kappa shape index (κ3) is 4.95. The standard InChI is InChI=1S/C22H32N3O4.HI/c1-6-21-23(5)18-10-8-16(25(27)28)12-19(18)24(21)13-22(26)29-20-11-15(4)7-9-17(20)14(2)3;/h8,10,12,14-15,17,20H,6-7,9,11,13H2,1-5H3;1H/q+1;/p-1/t15-,17+,20?;/m1./s1. The van der Waals surface area contributed by atoms with E-state index in [2.05, 4.69) is 20.8 Å². The van der Waals surface area contributed by atoms with Gasteiger partial charge in [-0.05, 0) is 36.7 Å². The Morgan fingerprint density at radius 2 is 2.07 bits per heavy atom. The molecule has 0 spiro atoms. The first-order valence-corrected chi connectivity index (χ1v) is 10.6. The zero-order valence-corrected chi connectivity index (χ0v) is 20.6. The minimum absolute atomic E-state index is 0. The van der Waals surface area contributed by atoms with Crippen LogP contribution in [0.3, 0.4) is 0 Å². The van der Waals surface area contributed by atoms with Crippen LogP contribution < -0.4 is 28.5 Å². The molecule has 2 aromatic rings. The number of fused-ring (bicyclic) bond motifs is 1. The van der Waals surface area contributed by atoms with Gasteiger partial charge >= 0.3 is 5.97 Å². The van der Waals surface area contributed by atoms with Gasteiger partial charge in [-0.15, -0.1) is 0 Å². The molecule has 0 saturated heterocycles. The minimum atomic E-state index is -0.405. The van der Waals surface area contributed by atoms with Gasteiger partial charge in [-0.25, -0.2) is 13.9 Å². The van der Waals surface area contributed by atoms with Gasteiger partial charge < -0.3 is 28.7 Å². The maximum Gasteiger partial charge on any atom is 0.348 e. The highest BCUT2D eigenvalue weighted by Crippen LogP contribution is 2.35. The molecule has 1 saturated carbocycles. The molecule has 1 aromatic carbocycles. The van der Waals surface area contributed by atoms with Gasteiger partial charge in [0.25, 0.3) is 11.5 Å². The van der Waals surface area contributed by atoms with E-state index in [-0.39, 0.29) is 48.3 Å². The van der Waals surface area contributed by atoms with Crippen LogP contribution in [0.5, 0.6) is 0 Å². The number of carbonyl (C=O) groups excluding carboxylic acids is 1. The number of nitro benzene ring substituents is 1. The van der Waals surface area contributed by atoms with Gasteiger partial charge in [0.1, 0.15) is 6.10 Å². The van der Waals surface area contributed by atoms with E-state index in [1.54, 1.807) is 12.1 Å². The fourth-order valence-corrected chi connectivity index (χ4v) is 4.77. The molecule has 1 fully saturated rings. The maximum atomic E-state index is 12.9. The molecule has 0 radical (unpaired) electrons. The number of rotatable bonds is 6. The Morgan fingerprint density at radius 3 is 2.67 bits per heavy atom. The van der Waals surface area contributed by atoms with E-state index in [0.717, 1.165) is 24.2 Å². The summed E-state index contributed by atoms with van der Waals surface area (Å²) in [5, 5.41) is 11.2. The first kappa shape index (κ1) is 24.6. The summed E-state index contributed by atoms with van der Waals surface area (Å²) in [5.41, 5.74) is 1.58. The van der Waals surface area contributed by atoms with E-state index in [1.807, 2.05) is 23.1 Å². The predicted molar refractivity (Wildman–Crippen MR) is 110 cm³/mol. The van der Waals surface area contributed by atoms with Gasteiger partial charge in [-0.1, -0.05) is 34.1 Å². The third-order valence-electron chi connectivity index (χ3n) is 6.37. The molecule has 0 N–H and O–H groups in total. The van der Waals surface area contributed by atoms with Crippen molar-refractivity contribution in [2.45, 2.75) is 66.0 Å². The third-order valence-corrected chi connectivity index (χ3v) is 6.37. The largest absolute Gasteiger partial charge is 1.00 e. The molecule has 8 heteroatoms. The smallest absolute Gasteiger partial charge is 0.348 e. The van der Waals surface area contributed by atoms with Crippen molar-refractivity contribution in [1.82, 2.24) is 4.57 Å². The van der Waals surface area contributed by atoms with E-state index < -0.39 is 4.92 Å². The van der Waals surface area contributed by atoms with Crippen LogP contribution in [0.15, 0.2) is 18.2 Å². The maximum absolute atomic E-state index is 12.9. The summed E-state index contributed by atoms with van der Waals surface area (Å²) in [7, 11) is 1.92. The molecule has 1 aliphatic rings. The number of imidazole rings is 1. The van der Waals surface area contributed by atoms with Crippen molar-refractivity contribution in [3.05, 3.63) is 34.1 Å². The Morgan fingerprint density at radius 1 is 1.37 bits per heavy atom. The van der Waals surface area contributed by atoms with Crippen molar-refractivity contribution >= 4 is 22.7 Å². The lowest BCUT2D eigenvalue weighted by Crippen LogP contribution is -3.00. The van der Waals surface area contributed by atoms with Crippen molar-refractivity contribution in [3.63, 3.8) is 0 Å². The number of non-ortho nitro benzene ring substituents is 1. The molecule has 1 aromatic heterocycles. The summed E-state index contributed by atoms with van der Waals surface area (Å²) in [6.45, 7) is 8.68. The van der Waals surface area contributed by atoms with E-state index >= 15 is 0 Å².